The number of carbonyl (C=O) groups is 1. The highest BCUT2D eigenvalue weighted by Crippen LogP contribution is 2.33. The van der Waals surface area contributed by atoms with Crippen molar-refractivity contribution in [2.24, 2.45) is 0 Å². The number of amides is 1. The molecule has 2 aliphatic heterocycles. The maximum Gasteiger partial charge on any atom is 0.257 e. The number of nitrogens with one attached hydrogen (secondary N) is 1. The van der Waals surface area contributed by atoms with Gasteiger partial charge in [-0.1, -0.05) is 18.2 Å². The van der Waals surface area contributed by atoms with E-state index >= 15 is 0 Å². The number of thioether (sulfide) groups is 1. The lowest BCUT2D eigenvalue weighted by atomic mass is 10.1. The number of fused-ring (bicyclic) bond motifs is 1. The Morgan fingerprint density at radius 3 is 2.64 bits per heavy atom. The molecule has 0 saturated carbocycles. The van der Waals surface area contributed by atoms with Crippen molar-refractivity contribution in [1.29, 1.82) is 0 Å². The summed E-state index contributed by atoms with van der Waals surface area (Å²) in [5.74, 6) is 1.56. The first-order chi connectivity index (χ1) is 12.2. The van der Waals surface area contributed by atoms with Crippen molar-refractivity contribution in [3.63, 3.8) is 0 Å². The van der Waals surface area contributed by atoms with Gasteiger partial charge in [-0.15, -0.1) is 0 Å². The number of para-hydroxylation sites is 1. The lowest BCUT2D eigenvalue weighted by Gasteiger charge is -2.36. The molecule has 4 rings (SSSR count). The van der Waals surface area contributed by atoms with Gasteiger partial charge < -0.3 is 5.32 Å². The van der Waals surface area contributed by atoms with Crippen LogP contribution in [0.3, 0.4) is 0 Å². The van der Waals surface area contributed by atoms with E-state index in [4.69, 9.17) is 0 Å². The van der Waals surface area contributed by atoms with Gasteiger partial charge in [0.2, 0.25) is 0 Å². The number of nitrogens with zero attached hydrogens (tertiary/aromatic N) is 2. The van der Waals surface area contributed by atoms with E-state index in [-0.39, 0.29) is 11.7 Å². The molecule has 0 bridgehead atoms. The molecule has 1 saturated heterocycles. The highest BCUT2D eigenvalue weighted by atomic mass is 32.2. The van der Waals surface area contributed by atoms with Crippen molar-refractivity contribution in [2.45, 2.75) is 0 Å². The molecule has 2 heterocycles. The van der Waals surface area contributed by atoms with Crippen molar-refractivity contribution >= 4 is 34.6 Å². The molecule has 2 aromatic carbocycles. The molecule has 25 heavy (non-hydrogen) atoms. The summed E-state index contributed by atoms with van der Waals surface area (Å²) in [5, 5.41) is 7.04. The summed E-state index contributed by atoms with van der Waals surface area (Å²) in [6.45, 7) is 1.84. The predicted octanol–water partition coefficient (Wildman–Crippen LogP) is 3.59. The smallest absolute Gasteiger partial charge is 0.257 e. The van der Waals surface area contributed by atoms with Crippen LogP contribution in [0.2, 0.25) is 0 Å². The third-order valence-corrected chi connectivity index (χ3v) is 5.27. The minimum absolute atomic E-state index is 0.201. The Kier molecular flexibility index (Phi) is 4.46. The minimum Gasteiger partial charge on any atom is -0.321 e. The molecule has 128 valence electrons. The number of halogens is 1. The predicted molar refractivity (Wildman–Crippen MR) is 101 cm³/mol. The molecule has 1 amide bonds. The van der Waals surface area contributed by atoms with Gasteiger partial charge in [0, 0.05) is 36.4 Å². The van der Waals surface area contributed by atoms with E-state index < -0.39 is 0 Å². The molecule has 2 aromatic rings. The van der Waals surface area contributed by atoms with Crippen LogP contribution in [0.4, 0.5) is 15.8 Å². The number of anilines is 2. The summed E-state index contributed by atoms with van der Waals surface area (Å²) < 4.78 is 13.4. The average Bonchev–Trinajstić information content (AvgIpc) is 2.95. The number of hydrogen-bond acceptors (Lipinski definition) is 4. The second-order valence-corrected chi connectivity index (χ2v) is 7.16. The first kappa shape index (κ1) is 16.2. The Morgan fingerprint density at radius 1 is 1.12 bits per heavy atom. The van der Waals surface area contributed by atoms with Crippen molar-refractivity contribution in [1.82, 2.24) is 5.01 Å². The summed E-state index contributed by atoms with van der Waals surface area (Å²) in [5.41, 5.74) is 2.82. The number of carbonyl (C=O) groups excluding carboxylic acids is 1. The summed E-state index contributed by atoms with van der Waals surface area (Å²) in [7, 11) is 0. The fraction of sp³-hybridized carbons (Fsp3) is 0.211. The molecule has 2 aliphatic rings. The molecule has 0 aliphatic carbocycles. The topological polar surface area (TPSA) is 35.6 Å². The normalized spacial score (nSPS) is 18.9. The molecule has 0 spiro atoms. The zero-order chi connectivity index (χ0) is 17.2. The number of hydrazine groups is 1. The van der Waals surface area contributed by atoms with Gasteiger partial charge in [0.05, 0.1) is 16.9 Å². The largest absolute Gasteiger partial charge is 0.321 e. The van der Waals surface area contributed by atoms with Gasteiger partial charge in [0.1, 0.15) is 5.82 Å². The van der Waals surface area contributed by atoms with Gasteiger partial charge in [0.25, 0.3) is 5.91 Å². The lowest BCUT2D eigenvalue weighted by molar-refractivity contribution is -0.110. The minimum atomic E-state index is -0.353. The summed E-state index contributed by atoms with van der Waals surface area (Å²) in [4.78, 5) is 12.4. The molecular formula is C19H18FN3OS. The van der Waals surface area contributed by atoms with Crippen LogP contribution in [0.25, 0.3) is 5.57 Å². The van der Waals surface area contributed by atoms with E-state index in [0.717, 1.165) is 35.8 Å². The molecule has 0 atom stereocenters. The van der Waals surface area contributed by atoms with Crippen LogP contribution in [0.15, 0.2) is 54.7 Å². The number of hydrogen-bond donors (Lipinski definition) is 1. The first-order valence-corrected chi connectivity index (χ1v) is 9.38. The van der Waals surface area contributed by atoms with E-state index in [0.29, 0.717) is 11.3 Å². The van der Waals surface area contributed by atoms with Crippen LogP contribution in [0.1, 0.15) is 5.56 Å². The van der Waals surface area contributed by atoms with E-state index in [9.17, 15) is 9.18 Å². The molecule has 1 fully saturated rings. The van der Waals surface area contributed by atoms with Crippen molar-refractivity contribution in [2.75, 3.05) is 34.9 Å². The molecule has 4 nitrogen and oxygen atoms in total. The summed E-state index contributed by atoms with van der Waals surface area (Å²) in [6, 6.07) is 14.4. The quantitative estimate of drug-likeness (QED) is 0.854. The van der Waals surface area contributed by atoms with E-state index in [2.05, 4.69) is 10.3 Å². The second kappa shape index (κ2) is 6.90. The van der Waals surface area contributed by atoms with Gasteiger partial charge in [0.15, 0.2) is 0 Å². The Hall–Kier alpha value is -2.31. The van der Waals surface area contributed by atoms with Gasteiger partial charge >= 0.3 is 0 Å². The highest BCUT2D eigenvalue weighted by molar-refractivity contribution is 7.99. The lowest BCUT2D eigenvalue weighted by Crippen LogP contribution is -2.44. The van der Waals surface area contributed by atoms with E-state index in [1.54, 1.807) is 6.07 Å². The molecule has 0 aromatic heterocycles. The van der Waals surface area contributed by atoms with Crippen molar-refractivity contribution < 1.29 is 9.18 Å². The zero-order valence-corrected chi connectivity index (χ0v) is 14.4. The first-order valence-electron chi connectivity index (χ1n) is 8.22. The second-order valence-electron chi connectivity index (χ2n) is 5.93. The Balaban J connectivity index is 1.75. The van der Waals surface area contributed by atoms with Crippen LogP contribution in [-0.2, 0) is 4.79 Å². The number of benzene rings is 2. The average molecular weight is 355 g/mol. The standard InChI is InChI=1S/C19H18FN3OS/c20-14-6-7-16-17(19(24)21-18(16)12-14)13-23(15-4-2-1-3-5-15)22-8-10-25-11-9-22/h1-7,12-13H,8-11H2,(H,21,24). The van der Waals surface area contributed by atoms with Crippen molar-refractivity contribution in [3.8, 4) is 0 Å². The maximum absolute atomic E-state index is 13.4. The van der Waals surface area contributed by atoms with Gasteiger partial charge in [-0.25, -0.2) is 9.40 Å². The monoisotopic (exact) mass is 355 g/mol. The van der Waals surface area contributed by atoms with E-state index in [1.807, 2.05) is 53.3 Å². The van der Waals surface area contributed by atoms with Crippen LogP contribution in [-0.4, -0.2) is 35.5 Å². The van der Waals surface area contributed by atoms with Gasteiger partial charge in [-0.05, 0) is 30.3 Å². The SMILES string of the molecule is O=C1Nc2cc(F)ccc2C1=CN(c1ccccc1)N1CCSCC1. The molecular weight excluding hydrogens is 337 g/mol. The molecule has 1 N–H and O–H groups in total. The summed E-state index contributed by atoms with van der Waals surface area (Å²) in [6.07, 6.45) is 1.87. The zero-order valence-electron chi connectivity index (χ0n) is 13.6. The van der Waals surface area contributed by atoms with E-state index in [1.165, 1.54) is 12.1 Å². The Morgan fingerprint density at radius 2 is 1.88 bits per heavy atom. The Bertz CT molecular complexity index is 819. The third-order valence-electron chi connectivity index (χ3n) is 4.33. The number of rotatable bonds is 3. The summed E-state index contributed by atoms with van der Waals surface area (Å²) >= 11 is 1.93. The van der Waals surface area contributed by atoms with Crippen LogP contribution < -0.4 is 10.3 Å². The fourth-order valence-electron chi connectivity index (χ4n) is 3.09. The van der Waals surface area contributed by atoms with Crippen LogP contribution in [0.5, 0.6) is 0 Å². The molecule has 0 radical (unpaired) electrons. The third kappa shape index (κ3) is 3.27. The van der Waals surface area contributed by atoms with Crippen molar-refractivity contribution in [3.05, 3.63) is 66.1 Å². The highest BCUT2D eigenvalue weighted by Gasteiger charge is 2.27. The van der Waals surface area contributed by atoms with Gasteiger partial charge in [-0.3, -0.25) is 9.80 Å². The molecule has 0 unspecified atom stereocenters. The fourth-order valence-corrected chi connectivity index (χ4v) is 3.97. The van der Waals surface area contributed by atoms with Crippen LogP contribution in [0, 0.1) is 5.82 Å². The Labute approximate surface area is 150 Å². The van der Waals surface area contributed by atoms with Gasteiger partial charge in [-0.2, -0.15) is 11.8 Å². The molecule has 6 heteroatoms. The van der Waals surface area contributed by atoms with Crippen LogP contribution >= 0.6 is 11.8 Å². The maximum atomic E-state index is 13.4.